The van der Waals surface area contributed by atoms with Crippen molar-refractivity contribution in [1.82, 2.24) is 9.88 Å². The van der Waals surface area contributed by atoms with Crippen LogP contribution in [0.3, 0.4) is 0 Å². The van der Waals surface area contributed by atoms with Crippen LogP contribution in [0, 0.1) is 0 Å². The Kier molecular flexibility index (Phi) is 4.66. The molecule has 0 aliphatic carbocycles. The third kappa shape index (κ3) is 4.27. The number of carbonyl (C=O) groups is 2. The lowest BCUT2D eigenvalue weighted by molar-refractivity contribution is -0.118. The van der Waals surface area contributed by atoms with Gasteiger partial charge in [-0.15, -0.1) is 11.3 Å². The minimum absolute atomic E-state index is 0.199. The van der Waals surface area contributed by atoms with Gasteiger partial charge in [0.15, 0.2) is 0 Å². The zero-order valence-corrected chi connectivity index (χ0v) is 13.9. The van der Waals surface area contributed by atoms with Gasteiger partial charge in [-0.1, -0.05) is 6.92 Å². The fraction of sp³-hybridized carbons (Fsp3) is 0.667. The Morgan fingerprint density at radius 2 is 2.10 bits per heavy atom. The Labute approximate surface area is 129 Å². The zero-order valence-electron chi connectivity index (χ0n) is 13.1. The number of aromatic nitrogens is 1. The molecular weight excluding hydrogens is 288 g/mol. The van der Waals surface area contributed by atoms with E-state index in [4.69, 9.17) is 4.74 Å². The molecule has 0 atom stereocenters. The van der Waals surface area contributed by atoms with E-state index in [-0.39, 0.29) is 11.9 Å². The molecule has 116 valence electrons. The molecule has 0 fully saturated rings. The molecule has 1 aromatic heterocycles. The second-order valence-corrected chi connectivity index (χ2v) is 7.37. The number of amides is 1. The number of ketones is 1. The monoisotopic (exact) mass is 310 g/mol. The predicted molar refractivity (Wildman–Crippen MR) is 81.5 cm³/mol. The van der Waals surface area contributed by atoms with Crippen LogP contribution in [0.5, 0.6) is 0 Å². The van der Waals surface area contributed by atoms with Crippen LogP contribution in [0.15, 0.2) is 0 Å². The van der Waals surface area contributed by atoms with Crippen LogP contribution in [0.1, 0.15) is 49.7 Å². The van der Waals surface area contributed by atoms with E-state index >= 15 is 0 Å². The highest BCUT2D eigenvalue weighted by Gasteiger charge is 2.27. The number of rotatable bonds is 3. The second-order valence-electron chi connectivity index (χ2n) is 6.20. The summed E-state index contributed by atoms with van der Waals surface area (Å²) in [6, 6.07) is 0. The van der Waals surface area contributed by atoms with Gasteiger partial charge in [-0.2, -0.15) is 0 Å². The molecule has 5 nitrogen and oxygen atoms in total. The largest absolute Gasteiger partial charge is 0.444 e. The fourth-order valence-electron chi connectivity index (χ4n) is 2.10. The summed E-state index contributed by atoms with van der Waals surface area (Å²) >= 11 is 1.54. The second kappa shape index (κ2) is 6.13. The molecule has 0 unspecified atom stereocenters. The van der Waals surface area contributed by atoms with Gasteiger partial charge in [-0.05, 0) is 20.8 Å². The van der Waals surface area contributed by atoms with E-state index in [1.54, 1.807) is 4.90 Å². The van der Waals surface area contributed by atoms with E-state index in [0.29, 0.717) is 25.9 Å². The molecule has 0 bridgehead atoms. The molecule has 0 saturated carbocycles. The van der Waals surface area contributed by atoms with Gasteiger partial charge in [-0.25, -0.2) is 9.78 Å². The third-order valence-electron chi connectivity index (χ3n) is 3.17. The van der Waals surface area contributed by atoms with E-state index in [1.165, 1.54) is 11.3 Å². The summed E-state index contributed by atoms with van der Waals surface area (Å²) in [6.07, 6.45) is 1.38. The quantitative estimate of drug-likeness (QED) is 0.861. The number of thiazole rings is 1. The summed E-state index contributed by atoms with van der Waals surface area (Å²) in [5.74, 6) is 0.199. The maximum atomic E-state index is 12.1. The maximum Gasteiger partial charge on any atom is 0.410 e. The Balaban J connectivity index is 2.03. The molecule has 6 heteroatoms. The SMILES string of the molecule is CCC(=O)Cc1nc2c(s1)CN(C(=O)OC(C)(C)C)CC2. The number of hydrogen-bond acceptors (Lipinski definition) is 5. The number of fused-ring (bicyclic) bond motifs is 1. The lowest BCUT2D eigenvalue weighted by Gasteiger charge is -2.29. The van der Waals surface area contributed by atoms with Crippen molar-refractivity contribution in [2.75, 3.05) is 6.54 Å². The smallest absolute Gasteiger partial charge is 0.410 e. The molecule has 0 saturated heterocycles. The first-order valence-corrected chi connectivity index (χ1v) is 8.07. The normalized spacial score (nSPS) is 14.8. The van der Waals surface area contributed by atoms with E-state index < -0.39 is 5.60 Å². The summed E-state index contributed by atoms with van der Waals surface area (Å²) in [5, 5.41) is 0.859. The van der Waals surface area contributed by atoms with E-state index in [2.05, 4.69) is 4.98 Å². The molecule has 1 aliphatic rings. The third-order valence-corrected chi connectivity index (χ3v) is 4.25. The minimum atomic E-state index is -0.482. The van der Waals surface area contributed by atoms with Gasteiger partial charge >= 0.3 is 6.09 Å². The first-order chi connectivity index (χ1) is 9.78. The van der Waals surface area contributed by atoms with Crippen LogP contribution in [0.2, 0.25) is 0 Å². The Morgan fingerprint density at radius 3 is 2.71 bits per heavy atom. The fourth-order valence-corrected chi connectivity index (χ4v) is 3.26. The highest BCUT2D eigenvalue weighted by atomic mass is 32.1. The van der Waals surface area contributed by atoms with E-state index in [1.807, 2.05) is 27.7 Å². The summed E-state index contributed by atoms with van der Waals surface area (Å²) < 4.78 is 5.40. The van der Waals surface area contributed by atoms with Crippen LogP contribution < -0.4 is 0 Å². The summed E-state index contributed by atoms with van der Waals surface area (Å²) in [4.78, 5) is 30.9. The van der Waals surface area contributed by atoms with Crippen molar-refractivity contribution >= 4 is 23.2 Å². The molecule has 0 radical (unpaired) electrons. The lowest BCUT2D eigenvalue weighted by Crippen LogP contribution is -2.39. The molecule has 0 N–H and O–H groups in total. The van der Waals surface area contributed by atoms with Gasteiger partial charge in [0.1, 0.15) is 16.4 Å². The molecule has 1 amide bonds. The van der Waals surface area contributed by atoms with Crippen LogP contribution in [0.4, 0.5) is 4.79 Å². The van der Waals surface area contributed by atoms with E-state index in [9.17, 15) is 9.59 Å². The van der Waals surface area contributed by atoms with E-state index in [0.717, 1.165) is 22.0 Å². The van der Waals surface area contributed by atoms with Crippen molar-refractivity contribution < 1.29 is 14.3 Å². The van der Waals surface area contributed by atoms with Crippen molar-refractivity contribution in [2.24, 2.45) is 0 Å². The Hall–Kier alpha value is -1.43. The average molecular weight is 310 g/mol. The molecule has 2 rings (SSSR count). The van der Waals surface area contributed by atoms with Crippen molar-refractivity contribution in [1.29, 1.82) is 0 Å². The van der Waals surface area contributed by atoms with Gasteiger partial charge in [-0.3, -0.25) is 4.79 Å². The van der Waals surface area contributed by atoms with Crippen LogP contribution >= 0.6 is 11.3 Å². The van der Waals surface area contributed by atoms with Gasteiger partial charge in [0.25, 0.3) is 0 Å². The molecule has 2 heterocycles. The van der Waals surface area contributed by atoms with Crippen LogP contribution in [-0.2, 0) is 28.9 Å². The zero-order chi connectivity index (χ0) is 15.6. The Bertz CT molecular complexity index is 546. The van der Waals surface area contributed by atoms with Gasteiger partial charge in [0, 0.05) is 24.3 Å². The number of hydrogen-bond donors (Lipinski definition) is 0. The van der Waals surface area contributed by atoms with Crippen LogP contribution in [0.25, 0.3) is 0 Å². The molecular formula is C15H22N2O3S. The van der Waals surface area contributed by atoms with Crippen molar-refractivity contribution in [2.45, 2.75) is 59.1 Å². The summed E-state index contributed by atoms with van der Waals surface area (Å²) in [7, 11) is 0. The first kappa shape index (κ1) is 15.9. The van der Waals surface area contributed by atoms with Crippen molar-refractivity contribution in [3.8, 4) is 0 Å². The number of nitrogens with zero attached hydrogens (tertiary/aromatic N) is 2. The highest BCUT2D eigenvalue weighted by Crippen LogP contribution is 2.26. The predicted octanol–water partition coefficient (Wildman–Crippen LogP) is 2.96. The minimum Gasteiger partial charge on any atom is -0.444 e. The van der Waals surface area contributed by atoms with Crippen molar-refractivity contribution in [3.63, 3.8) is 0 Å². The molecule has 0 aromatic carbocycles. The van der Waals surface area contributed by atoms with Gasteiger partial charge in [0.2, 0.25) is 0 Å². The standard InChI is InChI=1S/C15H22N2O3S/c1-5-10(18)8-13-16-11-6-7-17(9-12(11)21-13)14(19)20-15(2,3)4/h5-9H2,1-4H3. The van der Waals surface area contributed by atoms with Gasteiger partial charge < -0.3 is 9.64 Å². The lowest BCUT2D eigenvalue weighted by atomic mass is 10.2. The van der Waals surface area contributed by atoms with Gasteiger partial charge in [0.05, 0.1) is 18.7 Å². The molecule has 1 aromatic rings. The molecule has 0 spiro atoms. The average Bonchev–Trinajstić information content (AvgIpc) is 2.77. The number of carbonyl (C=O) groups excluding carboxylic acids is 2. The molecule has 1 aliphatic heterocycles. The summed E-state index contributed by atoms with van der Waals surface area (Å²) in [5.41, 5.74) is 0.544. The topological polar surface area (TPSA) is 59.5 Å². The molecule has 21 heavy (non-hydrogen) atoms. The number of Topliss-reactive ketones (excluding diaryl/α,β-unsaturated/α-hetero) is 1. The highest BCUT2D eigenvalue weighted by molar-refractivity contribution is 7.11. The summed E-state index contributed by atoms with van der Waals surface area (Å²) in [6.45, 7) is 8.60. The Morgan fingerprint density at radius 1 is 1.38 bits per heavy atom. The maximum absolute atomic E-state index is 12.1. The van der Waals surface area contributed by atoms with Crippen molar-refractivity contribution in [3.05, 3.63) is 15.6 Å². The first-order valence-electron chi connectivity index (χ1n) is 7.25. The van der Waals surface area contributed by atoms with Crippen LogP contribution in [-0.4, -0.2) is 33.9 Å². The number of ether oxygens (including phenoxy) is 1.